The Morgan fingerprint density at radius 3 is 3.06 bits per heavy atom. The van der Waals surface area contributed by atoms with Gasteiger partial charge in [0.2, 0.25) is 0 Å². The quantitative estimate of drug-likeness (QED) is 0.860. The first-order valence-corrected chi connectivity index (χ1v) is 6.04. The van der Waals surface area contributed by atoms with Gasteiger partial charge < -0.3 is 14.6 Å². The van der Waals surface area contributed by atoms with Crippen LogP contribution in [-0.2, 0) is 11.3 Å². The monoisotopic (exact) mass is 233 g/mol. The third-order valence-corrected chi connectivity index (χ3v) is 3.23. The molecule has 1 N–H and O–H groups in total. The van der Waals surface area contributed by atoms with Gasteiger partial charge in [-0.3, -0.25) is 0 Å². The molecule has 2 heterocycles. The van der Waals surface area contributed by atoms with Gasteiger partial charge in [0.1, 0.15) is 6.07 Å². The van der Waals surface area contributed by atoms with Gasteiger partial charge in [0.15, 0.2) is 0 Å². The zero-order chi connectivity index (χ0) is 12.3. The maximum Gasteiger partial charge on any atom is 0.101 e. The van der Waals surface area contributed by atoms with E-state index in [0.29, 0.717) is 5.92 Å². The highest BCUT2D eigenvalue weighted by Gasteiger charge is 2.17. The molecule has 0 bridgehead atoms. The SMILES string of the molecule is Cc1[nH]c(CN(C)C[C@H]2CCOC2)cc1C#N. The van der Waals surface area contributed by atoms with Crippen LogP contribution in [0.3, 0.4) is 0 Å². The summed E-state index contributed by atoms with van der Waals surface area (Å²) in [5.74, 6) is 0.659. The van der Waals surface area contributed by atoms with Crippen molar-refractivity contribution in [3.63, 3.8) is 0 Å². The number of hydrogen-bond donors (Lipinski definition) is 1. The van der Waals surface area contributed by atoms with E-state index in [-0.39, 0.29) is 0 Å². The van der Waals surface area contributed by atoms with E-state index in [9.17, 15) is 0 Å². The van der Waals surface area contributed by atoms with Crippen molar-refractivity contribution in [3.8, 4) is 6.07 Å². The summed E-state index contributed by atoms with van der Waals surface area (Å²) in [4.78, 5) is 5.54. The van der Waals surface area contributed by atoms with Crippen molar-refractivity contribution < 1.29 is 4.74 Å². The first-order valence-electron chi connectivity index (χ1n) is 6.04. The molecule has 0 unspecified atom stereocenters. The standard InChI is InChI=1S/C13H19N3O/c1-10-12(6-14)5-13(15-10)8-16(2)7-11-3-4-17-9-11/h5,11,15H,3-4,7-9H2,1-2H3/t11-/m1/s1. The Balaban J connectivity index is 1.88. The minimum atomic E-state index is 0.659. The summed E-state index contributed by atoms with van der Waals surface area (Å²) in [6, 6.07) is 4.13. The summed E-state index contributed by atoms with van der Waals surface area (Å²) >= 11 is 0. The number of rotatable bonds is 4. The van der Waals surface area contributed by atoms with E-state index < -0.39 is 0 Å². The molecule has 2 rings (SSSR count). The van der Waals surface area contributed by atoms with Crippen molar-refractivity contribution in [2.75, 3.05) is 26.8 Å². The lowest BCUT2D eigenvalue weighted by Gasteiger charge is -2.19. The summed E-state index contributed by atoms with van der Waals surface area (Å²) < 4.78 is 5.37. The zero-order valence-corrected chi connectivity index (χ0v) is 10.5. The Bertz CT molecular complexity index is 413. The number of nitriles is 1. The number of aromatic amines is 1. The number of nitrogens with one attached hydrogen (secondary N) is 1. The van der Waals surface area contributed by atoms with E-state index in [1.54, 1.807) is 0 Å². The van der Waals surface area contributed by atoms with Crippen LogP contribution in [0.1, 0.15) is 23.4 Å². The molecule has 17 heavy (non-hydrogen) atoms. The molecule has 0 aromatic carbocycles. The minimum Gasteiger partial charge on any atom is -0.381 e. The molecular formula is C13H19N3O. The highest BCUT2D eigenvalue weighted by atomic mass is 16.5. The second-order valence-electron chi connectivity index (χ2n) is 4.87. The average molecular weight is 233 g/mol. The fourth-order valence-electron chi connectivity index (χ4n) is 2.35. The third-order valence-electron chi connectivity index (χ3n) is 3.23. The summed E-state index contributed by atoms with van der Waals surface area (Å²) in [6.07, 6.45) is 1.16. The van der Waals surface area contributed by atoms with Crippen LogP contribution in [0.15, 0.2) is 6.07 Å². The second-order valence-corrected chi connectivity index (χ2v) is 4.87. The van der Waals surface area contributed by atoms with Gasteiger partial charge in [0.05, 0.1) is 12.2 Å². The molecule has 1 aliphatic heterocycles. The molecular weight excluding hydrogens is 214 g/mol. The van der Waals surface area contributed by atoms with Crippen molar-refractivity contribution in [1.29, 1.82) is 5.26 Å². The largest absolute Gasteiger partial charge is 0.381 e. The number of nitrogens with zero attached hydrogens (tertiary/aromatic N) is 2. The molecule has 0 aliphatic carbocycles. The van der Waals surface area contributed by atoms with E-state index in [1.807, 2.05) is 13.0 Å². The van der Waals surface area contributed by atoms with Crippen LogP contribution in [0, 0.1) is 24.2 Å². The normalized spacial score (nSPS) is 19.8. The van der Waals surface area contributed by atoms with Crippen LogP contribution in [0.5, 0.6) is 0 Å². The third kappa shape index (κ3) is 3.09. The molecule has 1 atom stereocenters. The van der Waals surface area contributed by atoms with Crippen molar-refractivity contribution >= 4 is 0 Å². The first-order chi connectivity index (χ1) is 8.19. The van der Waals surface area contributed by atoms with Crippen molar-refractivity contribution in [2.24, 2.45) is 5.92 Å². The highest BCUT2D eigenvalue weighted by Crippen LogP contribution is 2.15. The maximum atomic E-state index is 8.90. The first kappa shape index (κ1) is 12.2. The van der Waals surface area contributed by atoms with Gasteiger partial charge in [-0.05, 0) is 32.4 Å². The Hall–Kier alpha value is -1.31. The molecule has 0 saturated carbocycles. The molecule has 1 aromatic heterocycles. The number of aryl methyl sites for hydroxylation is 1. The highest BCUT2D eigenvalue weighted by molar-refractivity contribution is 5.35. The van der Waals surface area contributed by atoms with Crippen molar-refractivity contribution in [2.45, 2.75) is 19.9 Å². The lowest BCUT2D eigenvalue weighted by molar-refractivity contribution is 0.172. The molecule has 1 aliphatic rings. The van der Waals surface area contributed by atoms with Gasteiger partial charge >= 0.3 is 0 Å². The number of aromatic nitrogens is 1. The van der Waals surface area contributed by atoms with Crippen LogP contribution in [-0.4, -0.2) is 36.7 Å². The maximum absolute atomic E-state index is 8.90. The van der Waals surface area contributed by atoms with Crippen LogP contribution in [0.2, 0.25) is 0 Å². The summed E-state index contributed by atoms with van der Waals surface area (Å²) in [5.41, 5.74) is 2.82. The molecule has 92 valence electrons. The topological polar surface area (TPSA) is 52.0 Å². The van der Waals surface area contributed by atoms with Gasteiger partial charge in [0.25, 0.3) is 0 Å². The lowest BCUT2D eigenvalue weighted by atomic mass is 10.1. The van der Waals surface area contributed by atoms with Gasteiger partial charge in [0, 0.05) is 31.1 Å². The predicted molar refractivity (Wildman–Crippen MR) is 65.5 cm³/mol. The summed E-state index contributed by atoms with van der Waals surface area (Å²) in [5, 5.41) is 8.90. The van der Waals surface area contributed by atoms with Gasteiger partial charge in [-0.25, -0.2) is 0 Å². The van der Waals surface area contributed by atoms with E-state index in [0.717, 1.165) is 49.7 Å². The van der Waals surface area contributed by atoms with E-state index in [2.05, 4.69) is 23.0 Å². The lowest BCUT2D eigenvalue weighted by Crippen LogP contribution is -2.25. The molecule has 4 heteroatoms. The summed E-state index contributed by atoms with van der Waals surface area (Å²) in [6.45, 7) is 5.64. The molecule has 4 nitrogen and oxygen atoms in total. The van der Waals surface area contributed by atoms with Crippen molar-refractivity contribution in [1.82, 2.24) is 9.88 Å². The zero-order valence-electron chi connectivity index (χ0n) is 10.5. The number of hydrogen-bond acceptors (Lipinski definition) is 3. The Morgan fingerprint density at radius 2 is 2.47 bits per heavy atom. The molecule has 0 radical (unpaired) electrons. The van der Waals surface area contributed by atoms with Crippen LogP contribution < -0.4 is 0 Å². The second kappa shape index (κ2) is 5.35. The molecule has 0 amide bonds. The van der Waals surface area contributed by atoms with Crippen LogP contribution in [0.25, 0.3) is 0 Å². The Morgan fingerprint density at radius 1 is 1.65 bits per heavy atom. The van der Waals surface area contributed by atoms with Crippen LogP contribution in [0.4, 0.5) is 0 Å². The predicted octanol–water partition coefficient (Wildman–Crippen LogP) is 1.66. The number of H-pyrrole nitrogens is 1. The van der Waals surface area contributed by atoms with Gasteiger partial charge in [-0.15, -0.1) is 0 Å². The Labute approximate surface area is 102 Å². The molecule has 1 saturated heterocycles. The van der Waals surface area contributed by atoms with Crippen molar-refractivity contribution in [3.05, 3.63) is 23.0 Å². The molecule has 0 spiro atoms. The minimum absolute atomic E-state index is 0.659. The van der Waals surface area contributed by atoms with E-state index in [1.165, 1.54) is 0 Å². The molecule has 1 fully saturated rings. The van der Waals surface area contributed by atoms with Gasteiger partial charge in [-0.2, -0.15) is 5.26 Å². The van der Waals surface area contributed by atoms with E-state index in [4.69, 9.17) is 10.00 Å². The fraction of sp³-hybridized carbons (Fsp3) is 0.615. The molecule has 1 aromatic rings. The van der Waals surface area contributed by atoms with Gasteiger partial charge in [-0.1, -0.05) is 0 Å². The average Bonchev–Trinajstić information content (AvgIpc) is 2.88. The fourth-order valence-corrected chi connectivity index (χ4v) is 2.35. The number of ether oxygens (including phenoxy) is 1. The van der Waals surface area contributed by atoms with E-state index >= 15 is 0 Å². The Kier molecular flexibility index (Phi) is 3.82. The van der Waals surface area contributed by atoms with Crippen LogP contribution >= 0.6 is 0 Å². The summed E-state index contributed by atoms with van der Waals surface area (Å²) in [7, 11) is 2.11. The smallest absolute Gasteiger partial charge is 0.101 e.